The Morgan fingerprint density at radius 1 is 1.06 bits per heavy atom. The lowest BCUT2D eigenvalue weighted by molar-refractivity contribution is -0.285. The van der Waals surface area contributed by atoms with E-state index >= 15 is 0 Å². The molecule has 16 heavy (non-hydrogen) atoms. The first kappa shape index (κ1) is 14.0. The standard InChI is InChI=1S/C6H13O9P/c7-3-2(1-14-16(11,12)13)15-6(10)5(9)4(3)8/h2-10H,1H2,(H2,11,12,13)/t2-,3?,4?,5?,6?/m1/s1. The second-order valence-corrected chi connectivity index (χ2v) is 4.56. The molecule has 0 spiro atoms. The lowest BCUT2D eigenvalue weighted by Crippen LogP contribution is -2.58. The Kier molecular flexibility index (Phi) is 4.41. The maximum Gasteiger partial charge on any atom is 0.469 e. The summed E-state index contributed by atoms with van der Waals surface area (Å²) >= 11 is 0. The van der Waals surface area contributed by atoms with Crippen molar-refractivity contribution in [3.8, 4) is 0 Å². The Balaban J connectivity index is 2.57. The number of aliphatic hydroxyl groups is 4. The fourth-order valence-electron chi connectivity index (χ4n) is 1.24. The second kappa shape index (κ2) is 5.05. The molecule has 96 valence electrons. The van der Waals surface area contributed by atoms with Crippen LogP contribution >= 0.6 is 7.82 Å². The number of rotatable bonds is 3. The summed E-state index contributed by atoms with van der Waals surface area (Å²) in [5.74, 6) is 0. The Morgan fingerprint density at radius 2 is 1.62 bits per heavy atom. The molecular weight excluding hydrogens is 247 g/mol. The van der Waals surface area contributed by atoms with Gasteiger partial charge in [-0.1, -0.05) is 0 Å². The smallest absolute Gasteiger partial charge is 0.387 e. The quantitative estimate of drug-likeness (QED) is 0.289. The number of aliphatic hydroxyl groups excluding tert-OH is 4. The average Bonchev–Trinajstić information content (AvgIpc) is 2.17. The van der Waals surface area contributed by atoms with Gasteiger partial charge < -0.3 is 34.9 Å². The van der Waals surface area contributed by atoms with Crippen LogP contribution < -0.4 is 0 Å². The van der Waals surface area contributed by atoms with Crippen LogP contribution in [0.2, 0.25) is 0 Å². The molecule has 1 rings (SSSR count). The fourth-order valence-corrected chi connectivity index (χ4v) is 1.58. The van der Waals surface area contributed by atoms with Gasteiger partial charge in [-0.3, -0.25) is 4.52 Å². The molecule has 9 nitrogen and oxygen atoms in total. The molecule has 6 N–H and O–H groups in total. The summed E-state index contributed by atoms with van der Waals surface area (Å²) in [6, 6.07) is 0. The Morgan fingerprint density at radius 3 is 2.12 bits per heavy atom. The highest BCUT2D eigenvalue weighted by molar-refractivity contribution is 7.46. The van der Waals surface area contributed by atoms with E-state index in [1.54, 1.807) is 0 Å². The summed E-state index contributed by atoms with van der Waals surface area (Å²) < 4.78 is 19.0. The zero-order valence-electron chi connectivity index (χ0n) is 7.95. The third-order valence-electron chi connectivity index (χ3n) is 2.09. The van der Waals surface area contributed by atoms with Crippen molar-refractivity contribution in [3.63, 3.8) is 0 Å². The molecule has 1 aliphatic heterocycles. The molecule has 0 aliphatic carbocycles. The minimum Gasteiger partial charge on any atom is -0.387 e. The van der Waals surface area contributed by atoms with Crippen LogP contribution in [0.3, 0.4) is 0 Å². The summed E-state index contributed by atoms with van der Waals surface area (Å²) in [5, 5.41) is 36.7. The van der Waals surface area contributed by atoms with Crippen molar-refractivity contribution in [2.24, 2.45) is 0 Å². The number of hydrogen-bond acceptors (Lipinski definition) is 7. The summed E-state index contributed by atoms with van der Waals surface area (Å²) in [7, 11) is -4.73. The largest absolute Gasteiger partial charge is 0.469 e. The van der Waals surface area contributed by atoms with E-state index in [9.17, 15) is 14.8 Å². The maximum atomic E-state index is 10.4. The van der Waals surface area contributed by atoms with Crippen molar-refractivity contribution < 1.29 is 44.0 Å². The molecule has 10 heteroatoms. The van der Waals surface area contributed by atoms with E-state index in [4.69, 9.17) is 20.0 Å². The molecular formula is C6H13O9P. The van der Waals surface area contributed by atoms with Crippen LogP contribution in [-0.2, 0) is 13.8 Å². The molecule has 0 aromatic heterocycles. The van der Waals surface area contributed by atoms with Gasteiger partial charge in [0.05, 0.1) is 6.61 Å². The van der Waals surface area contributed by atoms with Crippen LogP contribution in [0.1, 0.15) is 0 Å². The molecule has 1 heterocycles. The molecule has 0 aromatic carbocycles. The highest BCUT2D eigenvalue weighted by atomic mass is 31.2. The summed E-state index contributed by atoms with van der Waals surface area (Å²) in [6.45, 7) is -0.730. The number of phosphoric acid groups is 1. The van der Waals surface area contributed by atoms with E-state index in [0.29, 0.717) is 0 Å². The van der Waals surface area contributed by atoms with Gasteiger partial charge in [-0.25, -0.2) is 4.57 Å². The van der Waals surface area contributed by atoms with Gasteiger partial charge in [0.1, 0.15) is 24.4 Å². The lowest BCUT2D eigenvalue weighted by Gasteiger charge is -2.38. The van der Waals surface area contributed by atoms with Gasteiger partial charge >= 0.3 is 7.82 Å². The molecule has 1 fully saturated rings. The van der Waals surface area contributed by atoms with Gasteiger partial charge in [0, 0.05) is 0 Å². The van der Waals surface area contributed by atoms with Crippen LogP contribution in [0.5, 0.6) is 0 Å². The monoisotopic (exact) mass is 260 g/mol. The Bertz CT molecular complexity index is 277. The average molecular weight is 260 g/mol. The molecule has 0 aromatic rings. The molecule has 0 radical (unpaired) electrons. The van der Waals surface area contributed by atoms with Crippen molar-refractivity contribution in [1.82, 2.24) is 0 Å². The number of phosphoric ester groups is 1. The van der Waals surface area contributed by atoms with Gasteiger partial charge in [0.25, 0.3) is 0 Å². The highest BCUT2D eigenvalue weighted by Crippen LogP contribution is 2.36. The Hall–Kier alpha value is -0.0900. The first-order valence-corrected chi connectivity index (χ1v) is 5.83. The molecule has 0 amide bonds. The third kappa shape index (κ3) is 3.45. The normalized spacial score (nSPS) is 41.0. The van der Waals surface area contributed by atoms with Crippen molar-refractivity contribution in [2.45, 2.75) is 30.7 Å². The van der Waals surface area contributed by atoms with Gasteiger partial charge in [-0.05, 0) is 0 Å². The van der Waals surface area contributed by atoms with E-state index < -0.39 is 45.1 Å². The van der Waals surface area contributed by atoms with E-state index in [1.807, 2.05) is 0 Å². The molecule has 5 atom stereocenters. The first-order chi connectivity index (χ1) is 7.22. The van der Waals surface area contributed by atoms with Crippen molar-refractivity contribution >= 4 is 7.82 Å². The molecule has 0 bridgehead atoms. The third-order valence-corrected chi connectivity index (χ3v) is 2.58. The molecule has 0 saturated carbocycles. The number of ether oxygens (including phenoxy) is 1. The molecule has 1 aliphatic rings. The van der Waals surface area contributed by atoms with E-state index in [0.717, 1.165) is 0 Å². The molecule has 1 saturated heterocycles. The van der Waals surface area contributed by atoms with Crippen LogP contribution in [0.4, 0.5) is 0 Å². The second-order valence-electron chi connectivity index (χ2n) is 3.32. The maximum absolute atomic E-state index is 10.4. The predicted octanol–water partition coefficient (Wildman–Crippen LogP) is -3.10. The summed E-state index contributed by atoms with van der Waals surface area (Å²) in [5.41, 5.74) is 0. The topological polar surface area (TPSA) is 157 Å². The van der Waals surface area contributed by atoms with E-state index in [2.05, 4.69) is 9.26 Å². The molecule has 4 unspecified atom stereocenters. The van der Waals surface area contributed by atoms with E-state index in [-0.39, 0.29) is 0 Å². The van der Waals surface area contributed by atoms with Crippen LogP contribution in [-0.4, -0.2) is 67.5 Å². The number of hydrogen-bond donors (Lipinski definition) is 6. The Labute approximate surface area is 90.1 Å². The van der Waals surface area contributed by atoms with Gasteiger partial charge in [0.15, 0.2) is 6.29 Å². The first-order valence-electron chi connectivity index (χ1n) is 4.30. The summed E-state index contributed by atoms with van der Waals surface area (Å²) in [4.78, 5) is 16.8. The van der Waals surface area contributed by atoms with Gasteiger partial charge in [0.2, 0.25) is 0 Å². The fraction of sp³-hybridized carbons (Fsp3) is 1.00. The SMILES string of the molecule is O=P(O)(O)OC[C@H]1OC(O)C(O)C(O)C1O. The minimum absolute atomic E-state index is 0.730. The van der Waals surface area contributed by atoms with Crippen molar-refractivity contribution in [1.29, 1.82) is 0 Å². The minimum atomic E-state index is -4.73. The zero-order chi connectivity index (χ0) is 12.5. The zero-order valence-corrected chi connectivity index (χ0v) is 8.84. The van der Waals surface area contributed by atoms with Crippen LogP contribution in [0.15, 0.2) is 0 Å². The van der Waals surface area contributed by atoms with Crippen molar-refractivity contribution in [2.75, 3.05) is 6.61 Å². The van der Waals surface area contributed by atoms with Crippen LogP contribution in [0.25, 0.3) is 0 Å². The lowest BCUT2D eigenvalue weighted by atomic mass is 10.00. The van der Waals surface area contributed by atoms with E-state index in [1.165, 1.54) is 0 Å². The van der Waals surface area contributed by atoms with Gasteiger partial charge in [-0.15, -0.1) is 0 Å². The summed E-state index contributed by atoms with van der Waals surface area (Å²) in [6.07, 6.45) is -8.11. The highest BCUT2D eigenvalue weighted by Gasteiger charge is 2.43. The van der Waals surface area contributed by atoms with Crippen LogP contribution in [0, 0.1) is 0 Å². The van der Waals surface area contributed by atoms with Crippen molar-refractivity contribution in [3.05, 3.63) is 0 Å². The predicted molar refractivity (Wildman–Crippen MR) is 46.9 cm³/mol. The van der Waals surface area contributed by atoms with Gasteiger partial charge in [-0.2, -0.15) is 0 Å².